The van der Waals surface area contributed by atoms with E-state index >= 15 is 0 Å². The molecule has 2 atom stereocenters. The highest BCUT2D eigenvalue weighted by Gasteiger charge is 2.51. The van der Waals surface area contributed by atoms with Crippen LogP contribution in [-0.2, 0) is 17.8 Å². The molecule has 0 bridgehead atoms. The molecule has 0 radical (unpaired) electrons. The van der Waals surface area contributed by atoms with Crippen molar-refractivity contribution in [2.24, 2.45) is 11.7 Å². The van der Waals surface area contributed by atoms with Crippen molar-refractivity contribution in [2.75, 3.05) is 13.1 Å². The van der Waals surface area contributed by atoms with Gasteiger partial charge in [-0.15, -0.1) is 0 Å². The van der Waals surface area contributed by atoms with Gasteiger partial charge < -0.3 is 10.6 Å². The smallest absolute Gasteiger partial charge is 0.340 e. The van der Waals surface area contributed by atoms with Gasteiger partial charge in [0, 0.05) is 24.8 Å². The summed E-state index contributed by atoms with van der Waals surface area (Å²) in [6, 6.07) is 1.45. The van der Waals surface area contributed by atoms with E-state index in [4.69, 9.17) is 5.73 Å². The molecule has 5 nitrogen and oxygen atoms in total. The number of amides is 1. The summed E-state index contributed by atoms with van der Waals surface area (Å²) < 4.78 is 37.5. The molecular weight excluding hydrogens is 285 g/mol. The van der Waals surface area contributed by atoms with Gasteiger partial charge in [0.1, 0.15) is 6.54 Å². The summed E-state index contributed by atoms with van der Waals surface area (Å²) in [6.45, 7) is 0.0528. The summed E-state index contributed by atoms with van der Waals surface area (Å²) in [7, 11) is 0. The molecule has 8 heteroatoms. The summed E-state index contributed by atoms with van der Waals surface area (Å²) in [6.07, 6.45) is -1.07. The molecule has 2 fully saturated rings. The van der Waals surface area contributed by atoms with Crippen LogP contribution in [-0.4, -0.2) is 45.4 Å². The van der Waals surface area contributed by atoms with Gasteiger partial charge in [-0.25, -0.2) is 0 Å². The van der Waals surface area contributed by atoms with E-state index in [0.717, 1.165) is 17.5 Å². The summed E-state index contributed by atoms with van der Waals surface area (Å²) in [5.74, 6) is 0.246. The van der Waals surface area contributed by atoms with Crippen molar-refractivity contribution >= 4 is 5.91 Å². The van der Waals surface area contributed by atoms with Gasteiger partial charge in [-0.1, -0.05) is 0 Å². The summed E-state index contributed by atoms with van der Waals surface area (Å²) >= 11 is 0. The topological polar surface area (TPSA) is 64.2 Å². The highest BCUT2D eigenvalue weighted by Crippen LogP contribution is 2.42. The average Bonchev–Trinajstić information content (AvgIpc) is 2.85. The van der Waals surface area contributed by atoms with E-state index in [2.05, 4.69) is 5.10 Å². The van der Waals surface area contributed by atoms with Crippen LogP contribution >= 0.6 is 0 Å². The maximum atomic E-state index is 12.2. The number of hydrogen-bond acceptors (Lipinski definition) is 3. The number of fused-ring (bicyclic) bond motifs is 1. The maximum absolute atomic E-state index is 12.2. The van der Waals surface area contributed by atoms with E-state index in [1.54, 1.807) is 4.90 Å². The molecule has 1 saturated carbocycles. The van der Waals surface area contributed by atoms with Crippen LogP contribution in [0.1, 0.15) is 18.5 Å². The van der Waals surface area contributed by atoms with E-state index in [1.807, 2.05) is 0 Å². The Balaban J connectivity index is 1.58. The zero-order valence-corrected chi connectivity index (χ0v) is 11.4. The number of hydrogen-bond donors (Lipinski definition) is 1. The third kappa shape index (κ3) is 2.90. The lowest BCUT2D eigenvalue weighted by atomic mass is 9.70. The zero-order valence-electron chi connectivity index (χ0n) is 11.4. The molecule has 0 aromatic carbocycles. The second-order valence-electron chi connectivity index (χ2n) is 6.04. The first kappa shape index (κ1) is 14.4. The Morgan fingerprint density at radius 1 is 1.52 bits per heavy atom. The predicted octanol–water partition coefficient (Wildman–Crippen LogP) is 0.938. The number of aromatic nitrogens is 2. The Labute approximate surface area is 119 Å². The Morgan fingerprint density at radius 2 is 2.29 bits per heavy atom. The Morgan fingerprint density at radius 3 is 2.81 bits per heavy atom. The summed E-state index contributed by atoms with van der Waals surface area (Å²) in [5.41, 5.74) is 6.28. The minimum Gasteiger partial charge on any atom is -0.340 e. The van der Waals surface area contributed by atoms with Crippen LogP contribution < -0.4 is 5.73 Å². The molecule has 2 heterocycles. The lowest BCUT2D eigenvalue weighted by molar-refractivity contribution is -0.142. The number of rotatable bonds is 3. The quantitative estimate of drug-likeness (QED) is 0.903. The molecular formula is C13H17F3N4O. The van der Waals surface area contributed by atoms with Gasteiger partial charge in [0.15, 0.2) is 0 Å². The Kier molecular flexibility index (Phi) is 3.23. The molecule has 116 valence electrons. The lowest BCUT2D eigenvalue weighted by Crippen LogP contribution is -2.54. The van der Waals surface area contributed by atoms with Crippen LogP contribution in [0.2, 0.25) is 0 Å². The monoisotopic (exact) mass is 302 g/mol. The van der Waals surface area contributed by atoms with E-state index in [1.165, 1.54) is 12.3 Å². The van der Waals surface area contributed by atoms with E-state index < -0.39 is 12.7 Å². The SMILES string of the molecule is N[C@]12CC[C@H]1CN(C(=O)Cc1ccn(CC(F)(F)F)n1)C2. The van der Waals surface area contributed by atoms with Gasteiger partial charge in [-0.2, -0.15) is 18.3 Å². The van der Waals surface area contributed by atoms with Gasteiger partial charge >= 0.3 is 6.18 Å². The van der Waals surface area contributed by atoms with Crippen LogP contribution in [0.25, 0.3) is 0 Å². The lowest BCUT2D eigenvalue weighted by Gasteiger charge is -2.39. The third-order valence-corrected chi connectivity index (χ3v) is 4.42. The van der Waals surface area contributed by atoms with Crippen LogP contribution in [0, 0.1) is 5.92 Å². The first-order valence-electron chi connectivity index (χ1n) is 6.91. The summed E-state index contributed by atoms with van der Waals surface area (Å²) in [5, 5.41) is 3.80. The third-order valence-electron chi connectivity index (χ3n) is 4.42. The fourth-order valence-corrected chi connectivity index (χ4v) is 3.11. The van der Waals surface area contributed by atoms with Crippen molar-refractivity contribution < 1.29 is 18.0 Å². The van der Waals surface area contributed by atoms with Crippen molar-refractivity contribution in [1.82, 2.24) is 14.7 Å². The van der Waals surface area contributed by atoms with Crippen molar-refractivity contribution in [3.8, 4) is 0 Å². The van der Waals surface area contributed by atoms with Gasteiger partial charge in [-0.05, 0) is 24.8 Å². The minimum atomic E-state index is -4.31. The van der Waals surface area contributed by atoms with Crippen molar-refractivity contribution in [2.45, 2.75) is 37.5 Å². The van der Waals surface area contributed by atoms with Gasteiger partial charge in [0.2, 0.25) is 5.91 Å². The van der Waals surface area contributed by atoms with Gasteiger partial charge in [0.25, 0.3) is 0 Å². The number of nitrogens with two attached hydrogens (primary N) is 1. The Bertz CT molecular complexity index is 556. The normalized spacial score (nSPS) is 28.4. The Hall–Kier alpha value is -1.57. The summed E-state index contributed by atoms with van der Waals surface area (Å²) in [4.78, 5) is 13.9. The molecule has 1 amide bonds. The van der Waals surface area contributed by atoms with E-state index in [0.29, 0.717) is 24.7 Å². The second kappa shape index (κ2) is 4.72. The van der Waals surface area contributed by atoms with Crippen molar-refractivity contribution in [3.05, 3.63) is 18.0 Å². The van der Waals surface area contributed by atoms with Crippen LogP contribution in [0.5, 0.6) is 0 Å². The molecule has 1 saturated heterocycles. The number of halogens is 3. The molecule has 0 spiro atoms. The van der Waals surface area contributed by atoms with Crippen LogP contribution in [0.3, 0.4) is 0 Å². The number of likely N-dealkylation sites (tertiary alicyclic amines) is 1. The molecule has 1 aliphatic carbocycles. The minimum absolute atomic E-state index is 0.0215. The molecule has 2 aliphatic rings. The van der Waals surface area contributed by atoms with E-state index in [-0.39, 0.29) is 17.9 Å². The van der Waals surface area contributed by atoms with E-state index in [9.17, 15) is 18.0 Å². The van der Waals surface area contributed by atoms with Gasteiger partial charge in [-0.3, -0.25) is 9.48 Å². The maximum Gasteiger partial charge on any atom is 0.408 e. The van der Waals surface area contributed by atoms with Crippen LogP contribution in [0.15, 0.2) is 12.3 Å². The number of carbonyl (C=O) groups excluding carboxylic acids is 1. The zero-order chi connectivity index (χ0) is 15.3. The number of carbonyl (C=O) groups is 1. The largest absolute Gasteiger partial charge is 0.408 e. The van der Waals surface area contributed by atoms with Crippen molar-refractivity contribution in [3.63, 3.8) is 0 Å². The molecule has 1 aromatic heterocycles. The van der Waals surface area contributed by atoms with Crippen molar-refractivity contribution in [1.29, 1.82) is 0 Å². The van der Waals surface area contributed by atoms with Gasteiger partial charge in [0.05, 0.1) is 12.1 Å². The fraction of sp³-hybridized carbons (Fsp3) is 0.692. The molecule has 1 aliphatic heterocycles. The molecule has 0 unspecified atom stereocenters. The predicted molar refractivity (Wildman–Crippen MR) is 68.2 cm³/mol. The fourth-order valence-electron chi connectivity index (χ4n) is 3.11. The second-order valence-corrected chi connectivity index (χ2v) is 6.04. The molecule has 3 rings (SSSR count). The first-order chi connectivity index (χ1) is 9.75. The first-order valence-corrected chi connectivity index (χ1v) is 6.91. The average molecular weight is 302 g/mol. The molecule has 21 heavy (non-hydrogen) atoms. The number of alkyl halides is 3. The standard InChI is InChI=1S/C13H17F3N4O/c14-13(15,16)8-20-4-2-10(18-20)5-11(21)19-6-9-1-3-12(9,17)7-19/h2,4,9H,1,3,5-8,17H2/t9-,12-/m0/s1. The molecule has 2 N–H and O–H groups in total. The van der Waals surface area contributed by atoms with Crippen LogP contribution in [0.4, 0.5) is 13.2 Å². The highest BCUT2D eigenvalue weighted by atomic mass is 19.4. The number of nitrogens with zero attached hydrogens (tertiary/aromatic N) is 3. The highest BCUT2D eigenvalue weighted by molar-refractivity contribution is 5.79. The molecule has 1 aromatic rings.